The molecule has 0 spiro atoms. The van der Waals surface area contributed by atoms with Crippen LogP contribution in [0, 0.1) is 5.82 Å². The van der Waals surface area contributed by atoms with Gasteiger partial charge in [-0.25, -0.2) is 14.4 Å². The monoisotopic (exact) mass is 514 g/mol. The van der Waals surface area contributed by atoms with Gasteiger partial charge in [0.25, 0.3) is 5.91 Å². The summed E-state index contributed by atoms with van der Waals surface area (Å²) in [7, 11) is 0. The first-order valence-corrected chi connectivity index (χ1v) is 12.4. The van der Waals surface area contributed by atoms with Crippen LogP contribution in [0.25, 0.3) is 22.3 Å². The van der Waals surface area contributed by atoms with E-state index in [9.17, 15) is 9.18 Å². The van der Waals surface area contributed by atoms with Gasteiger partial charge in [0.15, 0.2) is 0 Å². The third-order valence-corrected chi connectivity index (χ3v) is 6.35. The minimum absolute atomic E-state index is 0.183. The summed E-state index contributed by atoms with van der Waals surface area (Å²) >= 11 is 6.28. The van der Waals surface area contributed by atoms with Crippen molar-refractivity contribution in [3.8, 4) is 17.1 Å². The van der Waals surface area contributed by atoms with E-state index >= 15 is 0 Å². The Kier molecular flexibility index (Phi) is 7.51. The average molecular weight is 515 g/mol. The second-order valence-corrected chi connectivity index (χ2v) is 9.02. The Morgan fingerprint density at radius 1 is 1.03 bits per heavy atom. The Bertz CT molecular complexity index is 1500. The molecule has 6 nitrogen and oxygen atoms in total. The molecule has 0 radical (unpaired) electrons. The summed E-state index contributed by atoms with van der Waals surface area (Å²) < 4.78 is 19.6. The summed E-state index contributed by atoms with van der Waals surface area (Å²) in [6.07, 6.45) is 6.40. The molecule has 1 amide bonds. The van der Waals surface area contributed by atoms with Gasteiger partial charge in [-0.3, -0.25) is 9.79 Å². The van der Waals surface area contributed by atoms with Crippen LogP contribution in [-0.4, -0.2) is 28.1 Å². The Hall–Kier alpha value is -4.10. The number of hydrogen-bond acceptors (Lipinski definition) is 5. The minimum Gasteiger partial charge on any atom is -0.471 e. The normalized spacial score (nSPS) is 12.5. The first kappa shape index (κ1) is 24.6. The maximum Gasteiger partial charge on any atom is 0.251 e. The maximum atomic E-state index is 13.6. The summed E-state index contributed by atoms with van der Waals surface area (Å²) in [4.78, 5) is 26.5. The molecule has 4 aromatic rings. The quantitative estimate of drug-likeness (QED) is 0.257. The summed E-state index contributed by atoms with van der Waals surface area (Å²) in [5.41, 5.74) is 4.62. The first-order chi connectivity index (χ1) is 18.1. The number of aromatic nitrogens is 2. The third kappa shape index (κ3) is 6.01. The second-order valence-electron chi connectivity index (χ2n) is 8.61. The molecule has 0 atom stereocenters. The fourth-order valence-corrected chi connectivity index (χ4v) is 4.19. The van der Waals surface area contributed by atoms with Gasteiger partial charge in [0.1, 0.15) is 18.1 Å². The number of benzene rings is 3. The number of nitrogens with one attached hydrogen (secondary N) is 1. The van der Waals surface area contributed by atoms with Crippen LogP contribution < -0.4 is 10.1 Å². The maximum absolute atomic E-state index is 13.6. The Balaban J connectivity index is 1.38. The number of rotatable bonds is 9. The van der Waals surface area contributed by atoms with Crippen LogP contribution in [0.5, 0.6) is 5.88 Å². The molecule has 0 saturated carbocycles. The molecule has 1 aliphatic rings. The number of hydrogen-bond donors (Lipinski definition) is 1. The van der Waals surface area contributed by atoms with Crippen molar-refractivity contribution in [1.29, 1.82) is 0 Å². The van der Waals surface area contributed by atoms with E-state index in [1.807, 2.05) is 30.5 Å². The van der Waals surface area contributed by atoms with Crippen molar-refractivity contribution in [3.05, 3.63) is 101 Å². The third-order valence-electron chi connectivity index (χ3n) is 5.98. The molecule has 186 valence electrons. The number of fused-ring (bicyclic) bond motifs is 1. The Morgan fingerprint density at radius 2 is 1.86 bits per heavy atom. The van der Waals surface area contributed by atoms with Gasteiger partial charge in [0.05, 0.1) is 11.0 Å². The lowest BCUT2D eigenvalue weighted by atomic mass is 10.1. The van der Waals surface area contributed by atoms with Crippen molar-refractivity contribution >= 4 is 34.3 Å². The van der Waals surface area contributed by atoms with Crippen molar-refractivity contribution in [2.45, 2.75) is 25.9 Å². The van der Waals surface area contributed by atoms with E-state index in [-0.39, 0.29) is 18.3 Å². The summed E-state index contributed by atoms with van der Waals surface area (Å²) in [5.74, 6) is -0.246. The van der Waals surface area contributed by atoms with Crippen LogP contribution in [-0.2, 0) is 6.61 Å². The lowest BCUT2D eigenvalue weighted by Crippen LogP contribution is -2.24. The van der Waals surface area contributed by atoms with Crippen molar-refractivity contribution in [2.75, 3.05) is 6.54 Å². The van der Waals surface area contributed by atoms with Gasteiger partial charge in [-0.15, -0.1) is 0 Å². The largest absolute Gasteiger partial charge is 0.471 e. The SMILES string of the molecule is O=C(NCCCC1=NC=CC1)c1ccc2nc(OCc3ccccc3Cl)c(-c3ccc(F)cc3)nc2c1. The molecule has 0 aliphatic carbocycles. The molecule has 2 heterocycles. The Labute approximate surface area is 218 Å². The van der Waals surface area contributed by atoms with E-state index < -0.39 is 0 Å². The van der Waals surface area contributed by atoms with Crippen molar-refractivity contribution in [2.24, 2.45) is 4.99 Å². The molecule has 0 saturated heterocycles. The molecule has 37 heavy (non-hydrogen) atoms. The molecular formula is C29H24ClFN4O2. The molecule has 0 fully saturated rings. The molecule has 1 aromatic heterocycles. The van der Waals surface area contributed by atoms with Gasteiger partial charge in [0.2, 0.25) is 5.88 Å². The van der Waals surface area contributed by atoms with E-state index in [0.29, 0.717) is 45.3 Å². The van der Waals surface area contributed by atoms with Crippen LogP contribution >= 0.6 is 11.6 Å². The fourth-order valence-electron chi connectivity index (χ4n) is 4.00. The lowest BCUT2D eigenvalue weighted by Gasteiger charge is -2.13. The molecule has 8 heteroatoms. The van der Waals surface area contributed by atoms with Crippen LogP contribution in [0.1, 0.15) is 35.2 Å². The van der Waals surface area contributed by atoms with Gasteiger partial charge < -0.3 is 10.1 Å². The number of aliphatic imine (C=N–C) groups is 1. The number of ether oxygens (including phenoxy) is 1. The average Bonchev–Trinajstić information content (AvgIpc) is 3.44. The van der Waals surface area contributed by atoms with Crippen LogP contribution in [0.15, 0.2) is 84.0 Å². The van der Waals surface area contributed by atoms with Crippen molar-refractivity contribution < 1.29 is 13.9 Å². The number of allylic oxidation sites excluding steroid dienone is 1. The van der Waals surface area contributed by atoms with Crippen LogP contribution in [0.2, 0.25) is 5.02 Å². The molecule has 1 aliphatic heterocycles. The van der Waals surface area contributed by atoms with Gasteiger partial charge in [-0.1, -0.05) is 35.9 Å². The van der Waals surface area contributed by atoms with E-state index in [0.717, 1.165) is 30.5 Å². The minimum atomic E-state index is -0.355. The van der Waals surface area contributed by atoms with Crippen molar-refractivity contribution in [1.82, 2.24) is 15.3 Å². The molecule has 0 unspecified atom stereocenters. The number of halogens is 2. The highest BCUT2D eigenvalue weighted by Gasteiger charge is 2.16. The Morgan fingerprint density at radius 3 is 2.65 bits per heavy atom. The number of carbonyl (C=O) groups is 1. The first-order valence-electron chi connectivity index (χ1n) is 12.0. The van der Waals surface area contributed by atoms with Gasteiger partial charge in [-0.05, 0) is 61.4 Å². The lowest BCUT2D eigenvalue weighted by molar-refractivity contribution is 0.0953. The van der Waals surface area contributed by atoms with E-state index in [1.165, 1.54) is 12.1 Å². The summed E-state index contributed by atoms with van der Waals surface area (Å²) in [6.45, 7) is 0.744. The van der Waals surface area contributed by atoms with E-state index in [2.05, 4.69) is 15.3 Å². The zero-order valence-corrected chi connectivity index (χ0v) is 20.7. The predicted octanol–water partition coefficient (Wildman–Crippen LogP) is 6.54. The highest BCUT2D eigenvalue weighted by atomic mass is 35.5. The highest BCUT2D eigenvalue weighted by molar-refractivity contribution is 6.31. The van der Waals surface area contributed by atoms with Gasteiger partial charge in [-0.2, -0.15) is 0 Å². The predicted molar refractivity (Wildman–Crippen MR) is 143 cm³/mol. The smallest absolute Gasteiger partial charge is 0.251 e. The van der Waals surface area contributed by atoms with Crippen molar-refractivity contribution in [3.63, 3.8) is 0 Å². The van der Waals surface area contributed by atoms with Gasteiger partial charge >= 0.3 is 0 Å². The highest BCUT2D eigenvalue weighted by Crippen LogP contribution is 2.30. The topological polar surface area (TPSA) is 76.5 Å². The molecule has 3 aromatic carbocycles. The zero-order valence-electron chi connectivity index (χ0n) is 20.0. The molecular weight excluding hydrogens is 491 g/mol. The van der Waals surface area contributed by atoms with E-state index in [1.54, 1.807) is 36.4 Å². The fraction of sp³-hybridized carbons (Fsp3) is 0.172. The molecule has 5 rings (SSSR count). The van der Waals surface area contributed by atoms with E-state index in [4.69, 9.17) is 21.3 Å². The molecule has 1 N–H and O–H groups in total. The standard InChI is InChI=1S/C29H24ClFN4O2/c30-24-8-2-1-5-21(24)18-37-29-27(19-9-12-22(31)13-10-19)34-26-17-20(11-14-25(26)35-29)28(36)33-16-4-7-23-6-3-15-32-23/h1-3,5,8-15,17H,4,6-7,16,18H2,(H,33,36). The van der Waals surface area contributed by atoms with Crippen LogP contribution in [0.4, 0.5) is 4.39 Å². The second kappa shape index (κ2) is 11.3. The number of nitrogens with zero attached hydrogens (tertiary/aromatic N) is 3. The zero-order chi connectivity index (χ0) is 25.6. The summed E-state index contributed by atoms with van der Waals surface area (Å²) in [5, 5.41) is 3.54. The summed E-state index contributed by atoms with van der Waals surface area (Å²) in [6, 6.07) is 18.5. The van der Waals surface area contributed by atoms with Gasteiger partial charge in [0, 0.05) is 46.6 Å². The molecule has 0 bridgehead atoms. The number of amides is 1. The number of carbonyl (C=O) groups excluding carboxylic acids is 1. The van der Waals surface area contributed by atoms with Crippen LogP contribution in [0.3, 0.4) is 0 Å².